The van der Waals surface area contributed by atoms with Crippen molar-refractivity contribution in [2.24, 2.45) is 0 Å². The van der Waals surface area contributed by atoms with Gasteiger partial charge in [-0.25, -0.2) is 9.18 Å². The molecule has 0 radical (unpaired) electrons. The van der Waals surface area contributed by atoms with Crippen LogP contribution in [0.25, 0.3) is 0 Å². The Morgan fingerprint density at radius 3 is 2.76 bits per heavy atom. The van der Waals surface area contributed by atoms with Crippen LogP contribution in [0.5, 0.6) is 0 Å². The number of carbonyl (C=O) groups is 1. The molecule has 0 fully saturated rings. The third-order valence-electron chi connectivity index (χ3n) is 2.20. The Morgan fingerprint density at radius 2 is 2.18 bits per heavy atom. The number of benzene rings is 1. The molecule has 4 N–H and O–H groups in total. The highest BCUT2D eigenvalue weighted by Crippen LogP contribution is 2.10. The first-order chi connectivity index (χ1) is 8.04. The smallest absolute Gasteiger partial charge is 0.335 e. The lowest BCUT2D eigenvalue weighted by molar-refractivity contribution is 0.0696. The van der Waals surface area contributed by atoms with Gasteiger partial charge in [-0.05, 0) is 18.2 Å². The third kappa shape index (κ3) is 4.10. The van der Waals surface area contributed by atoms with Crippen LogP contribution in [0.2, 0.25) is 0 Å². The number of hydrogen-bond donors (Lipinski definition) is 4. The number of hydrogen-bond acceptors (Lipinski definition) is 4. The minimum atomic E-state index is -1.12. The molecule has 1 unspecified atom stereocenters. The number of aliphatic hydroxyl groups excluding tert-OH is 2. The van der Waals surface area contributed by atoms with Gasteiger partial charge in [-0.15, -0.1) is 0 Å². The fourth-order valence-corrected chi connectivity index (χ4v) is 1.28. The molecule has 1 aromatic carbocycles. The van der Waals surface area contributed by atoms with Crippen LogP contribution < -0.4 is 5.32 Å². The van der Waals surface area contributed by atoms with Gasteiger partial charge in [0.15, 0.2) is 0 Å². The lowest BCUT2D eigenvalue weighted by Gasteiger charge is -2.09. The van der Waals surface area contributed by atoms with Crippen LogP contribution in [0.1, 0.15) is 15.9 Å². The molecule has 0 spiro atoms. The summed E-state index contributed by atoms with van der Waals surface area (Å²) in [6.07, 6.45) is -0.916. The van der Waals surface area contributed by atoms with E-state index in [1.54, 1.807) is 0 Å². The van der Waals surface area contributed by atoms with E-state index in [4.69, 9.17) is 15.3 Å². The van der Waals surface area contributed by atoms with E-state index in [0.717, 1.165) is 6.07 Å². The van der Waals surface area contributed by atoms with Gasteiger partial charge in [-0.3, -0.25) is 0 Å². The Bertz CT molecular complexity index is 397. The van der Waals surface area contributed by atoms with Crippen molar-refractivity contribution < 1.29 is 24.5 Å². The van der Waals surface area contributed by atoms with Crippen LogP contribution >= 0.6 is 0 Å². The minimum absolute atomic E-state index is 0.00547. The molecule has 17 heavy (non-hydrogen) atoms. The van der Waals surface area contributed by atoms with Crippen molar-refractivity contribution in [3.63, 3.8) is 0 Å². The molecule has 0 aromatic heterocycles. The van der Waals surface area contributed by atoms with Crippen LogP contribution in [-0.2, 0) is 6.54 Å². The molecule has 6 heteroatoms. The molecule has 0 saturated heterocycles. The van der Waals surface area contributed by atoms with E-state index in [1.165, 1.54) is 12.1 Å². The molecule has 0 amide bonds. The van der Waals surface area contributed by atoms with E-state index in [1.807, 2.05) is 0 Å². The number of aromatic carboxylic acids is 1. The van der Waals surface area contributed by atoms with E-state index in [2.05, 4.69) is 5.32 Å². The molecule has 1 rings (SSSR count). The van der Waals surface area contributed by atoms with Crippen molar-refractivity contribution in [3.05, 3.63) is 35.1 Å². The van der Waals surface area contributed by atoms with Crippen molar-refractivity contribution >= 4 is 5.97 Å². The Hall–Kier alpha value is -1.50. The van der Waals surface area contributed by atoms with Gasteiger partial charge in [0.2, 0.25) is 0 Å². The van der Waals surface area contributed by atoms with Crippen LogP contribution in [0.15, 0.2) is 18.2 Å². The zero-order valence-electron chi connectivity index (χ0n) is 9.06. The van der Waals surface area contributed by atoms with Crippen molar-refractivity contribution in [1.29, 1.82) is 0 Å². The van der Waals surface area contributed by atoms with Crippen LogP contribution in [0.4, 0.5) is 4.39 Å². The van der Waals surface area contributed by atoms with Gasteiger partial charge in [0.25, 0.3) is 0 Å². The number of carboxylic acid groups (broad SMARTS) is 1. The molecule has 0 aliphatic heterocycles. The Kier molecular flexibility index (Phi) is 5.02. The summed E-state index contributed by atoms with van der Waals surface area (Å²) >= 11 is 0. The van der Waals surface area contributed by atoms with Crippen molar-refractivity contribution in [2.45, 2.75) is 12.6 Å². The number of carboxylic acids is 1. The van der Waals surface area contributed by atoms with E-state index in [0.29, 0.717) is 0 Å². The van der Waals surface area contributed by atoms with Crippen LogP contribution in [0, 0.1) is 5.82 Å². The predicted octanol–water partition coefficient (Wildman–Crippen LogP) is -0.0333. The summed E-state index contributed by atoms with van der Waals surface area (Å²) in [7, 11) is 0. The average molecular weight is 243 g/mol. The van der Waals surface area contributed by atoms with Crippen molar-refractivity contribution in [2.75, 3.05) is 13.2 Å². The third-order valence-corrected chi connectivity index (χ3v) is 2.20. The molecule has 0 heterocycles. The zero-order chi connectivity index (χ0) is 12.8. The maximum absolute atomic E-state index is 13.3. The minimum Gasteiger partial charge on any atom is -0.478 e. The van der Waals surface area contributed by atoms with E-state index < -0.39 is 17.9 Å². The largest absolute Gasteiger partial charge is 0.478 e. The average Bonchev–Trinajstić information content (AvgIpc) is 2.30. The second kappa shape index (κ2) is 6.29. The van der Waals surface area contributed by atoms with E-state index >= 15 is 0 Å². The number of rotatable bonds is 6. The highest BCUT2D eigenvalue weighted by molar-refractivity contribution is 5.87. The fourth-order valence-electron chi connectivity index (χ4n) is 1.28. The number of halogens is 1. The Balaban J connectivity index is 2.63. The predicted molar refractivity (Wildman–Crippen MR) is 58.2 cm³/mol. The highest BCUT2D eigenvalue weighted by atomic mass is 19.1. The SMILES string of the molecule is O=C(O)c1ccc(F)c(CNCC(O)CO)c1. The second-order valence-corrected chi connectivity index (χ2v) is 3.58. The molecular formula is C11H14FNO4. The maximum Gasteiger partial charge on any atom is 0.335 e. The lowest BCUT2D eigenvalue weighted by Crippen LogP contribution is -2.29. The summed E-state index contributed by atoms with van der Waals surface area (Å²) in [5.74, 6) is -1.64. The van der Waals surface area contributed by atoms with Gasteiger partial charge in [0, 0.05) is 18.7 Å². The topological polar surface area (TPSA) is 89.8 Å². The monoisotopic (exact) mass is 243 g/mol. The van der Waals surface area contributed by atoms with Gasteiger partial charge >= 0.3 is 5.97 Å². The van der Waals surface area contributed by atoms with Crippen LogP contribution in [-0.4, -0.2) is 40.5 Å². The van der Waals surface area contributed by atoms with E-state index in [-0.39, 0.29) is 30.8 Å². The molecule has 94 valence electrons. The van der Waals surface area contributed by atoms with Gasteiger partial charge in [0.1, 0.15) is 5.82 Å². The maximum atomic E-state index is 13.3. The summed E-state index contributed by atoms with van der Waals surface area (Å²) in [5.41, 5.74) is 0.209. The summed E-state index contributed by atoms with van der Waals surface area (Å²) in [5, 5.41) is 29.1. The standard InChI is InChI=1S/C11H14FNO4/c12-10-2-1-7(11(16)17)3-8(10)4-13-5-9(15)6-14/h1-3,9,13-15H,4-6H2,(H,16,17). The van der Waals surface area contributed by atoms with Crippen molar-refractivity contribution in [1.82, 2.24) is 5.32 Å². The first-order valence-electron chi connectivity index (χ1n) is 5.06. The lowest BCUT2D eigenvalue weighted by atomic mass is 10.1. The molecule has 5 nitrogen and oxygen atoms in total. The molecule has 1 aromatic rings. The summed E-state index contributed by atoms with van der Waals surface area (Å²) in [6, 6.07) is 3.50. The van der Waals surface area contributed by atoms with Gasteiger partial charge in [0.05, 0.1) is 18.3 Å². The first-order valence-corrected chi connectivity index (χ1v) is 5.06. The second-order valence-electron chi connectivity index (χ2n) is 3.58. The Labute approximate surface area is 97.5 Å². The van der Waals surface area contributed by atoms with E-state index in [9.17, 15) is 9.18 Å². The number of aliphatic hydroxyl groups is 2. The zero-order valence-corrected chi connectivity index (χ0v) is 9.06. The molecule has 0 saturated carbocycles. The van der Waals surface area contributed by atoms with Crippen LogP contribution in [0.3, 0.4) is 0 Å². The summed E-state index contributed by atoms with van der Waals surface area (Å²) < 4.78 is 13.3. The van der Waals surface area contributed by atoms with Gasteiger partial charge < -0.3 is 20.6 Å². The number of nitrogens with one attached hydrogen (secondary N) is 1. The summed E-state index contributed by atoms with van der Waals surface area (Å²) in [6.45, 7) is -0.193. The molecule has 0 bridgehead atoms. The fraction of sp³-hybridized carbons (Fsp3) is 0.364. The molecule has 0 aliphatic carbocycles. The van der Waals surface area contributed by atoms with Gasteiger partial charge in [-0.1, -0.05) is 0 Å². The van der Waals surface area contributed by atoms with Crippen molar-refractivity contribution in [3.8, 4) is 0 Å². The quantitative estimate of drug-likeness (QED) is 0.563. The van der Waals surface area contributed by atoms with Gasteiger partial charge in [-0.2, -0.15) is 0 Å². The molecule has 0 aliphatic rings. The normalized spacial score (nSPS) is 12.4. The molecule has 1 atom stereocenters. The highest BCUT2D eigenvalue weighted by Gasteiger charge is 2.08. The Morgan fingerprint density at radius 1 is 1.47 bits per heavy atom. The molecular weight excluding hydrogens is 229 g/mol. The first kappa shape index (κ1) is 13.6. The summed E-state index contributed by atoms with van der Waals surface area (Å²) in [4.78, 5) is 10.7.